The van der Waals surface area contributed by atoms with E-state index in [2.05, 4.69) is 10.2 Å². The number of carbonyl (C=O) groups is 4. The summed E-state index contributed by atoms with van der Waals surface area (Å²) in [6, 6.07) is 3.65. The van der Waals surface area contributed by atoms with Crippen molar-refractivity contribution in [1.82, 2.24) is 10.2 Å². The molecule has 0 spiro atoms. The van der Waals surface area contributed by atoms with Crippen LogP contribution in [0.5, 0.6) is 0 Å². The molecule has 0 amide bonds. The maximum absolute atomic E-state index is 8.89. The van der Waals surface area contributed by atoms with Gasteiger partial charge in [0.1, 0.15) is 0 Å². The number of aliphatic carboxylic acids is 4. The van der Waals surface area contributed by atoms with E-state index in [1.54, 1.807) is 12.4 Å². The standard InChI is InChI=1S/C4H4N2.4C2H4O2.4Na/c1-2-4-6-5-3-1;4*1-2(3)4;;;;/h1-4H;4*1H3,(H,3,4);;;;/q;;;;;4*+1/p-4. The van der Waals surface area contributed by atoms with Gasteiger partial charge in [-0.1, -0.05) is 0 Å². The molecule has 0 bridgehead atoms. The van der Waals surface area contributed by atoms with Gasteiger partial charge >= 0.3 is 118 Å². The molecule has 1 heterocycles. The number of aromatic nitrogens is 2. The predicted molar refractivity (Wildman–Crippen MR) is 64.8 cm³/mol. The fraction of sp³-hybridized carbons (Fsp3) is 0.333. The summed E-state index contributed by atoms with van der Waals surface area (Å²) in [7, 11) is 0. The Morgan fingerprint density at radius 1 is 0.538 bits per heavy atom. The van der Waals surface area contributed by atoms with Gasteiger partial charge < -0.3 is 39.6 Å². The summed E-state index contributed by atoms with van der Waals surface area (Å²) in [5.41, 5.74) is 0. The van der Waals surface area contributed by atoms with Crippen LogP contribution in [0, 0.1) is 0 Å². The van der Waals surface area contributed by atoms with Crippen molar-refractivity contribution in [2.75, 3.05) is 0 Å². The van der Waals surface area contributed by atoms with Gasteiger partial charge in [-0.05, 0) is 39.8 Å². The molecule has 0 aliphatic heterocycles. The van der Waals surface area contributed by atoms with Crippen LogP contribution in [0.15, 0.2) is 24.5 Å². The Hall–Kier alpha value is 0.960. The zero-order chi connectivity index (χ0) is 18.6. The number of carboxylic acid groups (broad SMARTS) is 4. The van der Waals surface area contributed by atoms with E-state index in [1.807, 2.05) is 12.1 Å². The van der Waals surface area contributed by atoms with Crippen LogP contribution in [0.25, 0.3) is 0 Å². The summed E-state index contributed by atoms with van der Waals surface area (Å²) in [4.78, 5) is 35.6. The maximum Gasteiger partial charge on any atom is 1.00 e. The van der Waals surface area contributed by atoms with Crippen LogP contribution in [0.2, 0.25) is 0 Å². The molecule has 0 aliphatic carbocycles. The topological polar surface area (TPSA) is 186 Å². The molecule has 0 fully saturated rings. The molecule has 1 rings (SSSR count). The number of carboxylic acids is 4. The first kappa shape index (κ1) is 50.5. The average Bonchev–Trinajstić information content (AvgIpc) is 2.28. The van der Waals surface area contributed by atoms with Crippen molar-refractivity contribution >= 4 is 23.9 Å². The molecule has 0 aromatic carbocycles. The maximum atomic E-state index is 8.89. The molecule has 0 radical (unpaired) electrons. The van der Waals surface area contributed by atoms with Gasteiger partial charge in [-0.15, -0.1) is 0 Å². The van der Waals surface area contributed by atoms with Gasteiger partial charge in [-0.2, -0.15) is 10.2 Å². The Labute approximate surface area is 240 Å². The molecule has 14 heteroatoms. The Kier molecular flexibility index (Phi) is 87.5. The number of carbonyl (C=O) groups excluding carboxylic acids is 4. The Bertz CT molecular complexity index is 334. The van der Waals surface area contributed by atoms with E-state index < -0.39 is 23.9 Å². The van der Waals surface area contributed by atoms with Gasteiger partial charge in [0, 0.05) is 36.3 Å². The fourth-order valence-corrected chi connectivity index (χ4v) is 0.253. The number of hydrogen-bond acceptors (Lipinski definition) is 10. The molecule has 10 nitrogen and oxygen atoms in total. The second-order valence-electron chi connectivity index (χ2n) is 2.88. The summed E-state index contributed by atoms with van der Waals surface area (Å²) in [6.07, 6.45) is 3.28. The van der Waals surface area contributed by atoms with Gasteiger partial charge in [-0.25, -0.2) is 0 Å². The molecule has 1 aromatic rings. The molecule has 0 atom stereocenters. The van der Waals surface area contributed by atoms with E-state index in [1.165, 1.54) is 0 Å². The average molecular weight is 408 g/mol. The number of hydrogen-bond donors (Lipinski definition) is 0. The molecular formula is C12H16N2Na4O8. The minimum atomic E-state index is -1.08. The van der Waals surface area contributed by atoms with Gasteiger partial charge in [0.05, 0.1) is 0 Å². The van der Waals surface area contributed by atoms with Crippen molar-refractivity contribution in [2.24, 2.45) is 0 Å². The van der Waals surface area contributed by atoms with Crippen molar-refractivity contribution in [1.29, 1.82) is 0 Å². The smallest absolute Gasteiger partial charge is 0.550 e. The third-order valence-corrected chi connectivity index (χ3v) is 0.483. The molecule has 0 unspecified atom stereocenters. The normalized spacial score (nSPS) is 5.69. The number of rotatable bonds is 0. The zero-order valence-corrected chi connectivity index (χ0v) is 24.5. The van der Waals surface area contributed by atoms with Crippen LogP contribution in [0.3, 0.4) is 0 Å². The van der Waals surface area contributed by atoms with E-state index >= 15 is 0 Å². The first-order valence-corrected chi connectivity index (χ1v) is 5.35. The molecule has 0 aliphatic rings. The summed E-state index contributed by atoms with van der Waals surface area (Å²) >= 11 is 0. The zero-order valence-electron chi connectivity index (χ0n) is 16.5. The first-order valence-electron chi connectivity index (χ1n) is 5.35. The summed E-state index contributed by atoms with van der Waals surface area (Å²) in [6.45, 7) is 3.89. The van der Waals surface area contributed by atoms with Crippen LogP contribution >= 0.6 is 0 Å². The second kappa shape index (κ2) is 45.0. The van der Waals surface area contributed by atoms with Crippen LogP contribution in [-0.4, -0.2) is 34.1 Å². The fourth-order valence-electron chi connectivity index (χ4n) is 0.253. The minimum Gasteiger partial charge on any atom is -0.550 e. The molecular weight excluding hydrogens is 392 g/mol. The molecule has 0 N–H and O–H groups in total. The molecule has 126 valence electrons. The van der Waals surface area contributed by atoms with Gasteiger partial charge in [0.25, 0.3) is 0 Å². The van der Waals surface area contributed by atoms with Gasteiger partial charge in [0.15, 0.2) is 0 Å². The molecule has 26 heavy (non-hydrogen) atoms. The van der Waals surface area contributed by atoms with Crippen molar-refractivity contribution in [3.8, 4) is 0 Å². The second-order valence-corrected chi connectivity index (χ2v) is 2.88. The Morgan fingerprint density at radius 3 is 0.692 bits per heavy atom. The van der Waals surface area contributed by atoms with Crippen LogP contribution in [0.4, 0.5) is 0 Å². The minimum absolute atomic E-state index is 0. The predicted octanol–water partition coefficient (Wildman–Crippen LogP) is -16.5. The SMILES string of the molecule is CC(=O)[O-].CC(=O)[O-].CC(=O)[O-].CC(=O)[O-].[Na+].[Na+].[Na+].[Na+].c1ccnnc1. The summed E-state index contributed by atoms with van der Waals surface area (Å²) in [5, 5.41) is 42.6. The van der Waals surface area contributed by atoms with Gasteiger partial charge in [-0.3, -0.25) is 0 Å². The van der Waals surface area contributed by atoms with E-state index in [0.29, 0.717) is 0 Å². The van der Waals surface area contributed by atoms with Crippen molar-refractivity contribution in [2.45, 2.75) is 27.7 Å². The monoisotopic (exact) mass is 408 g/mol. The summed E-state index contributed by atoms with van der Waals surface area (Å²) in [5.74, 6) is -4.33. The third kappa shape index (κ3) is 296. The van der Waals surface area contributed by atoms with E-state index in [0.717, 1.165) is 27.7 Å². The van der Waals surface area contributed by atoms with E-state index in [-0.39, 0.29) is 118 Å². The van der Waals surface area contributed by atoms with Crippen molar-refractivity contribution in [3.63, 3.8) is 0 Å². The molecule has 0 saturated heterocycles. The van der Waals surface area contributed by atoms with E-state index in [9.17, 15) is 0 Å². The molecule has 1 aromatic heterocycles. The van der Waals surface area contributed by atoms with Gasteiger partial charge in [0.2, 0.25) is 0 Å². The van der Waals surface area contributed by atoms with E-state index in [4.69, 9.17) is 39.6 Å². The Morgan fingerprint density at radius 2 is 0.654 bits per heavy atom. The van der Waals surface area contributed by atoms with Crippen LogP contribution in [-0.2, 0) is 19.2 Å². The van der Waals surface area contributed by atoms with Crippen molar-refractivity contribution in [3.05, 3.63) is 24.5 Å². The quantitative estimate of drug-likeness (QED) is 0.373. The third-order valence-electron chi connectivity index (χ3n) is 0.483. The largest absolute Gasteiger partial charge is 1.00 e. The Balaban J connectivity index is -0.0000000254. The van der Waals surface area contributed by atoms with Crippen LogP contribution < -0.4 is 139 Å². The first-order chi connectivity index (χ1) is 9.93. The number of nitrogens with zero attached hydrogens (tertiary/aromatic N) is 2. The summed E-state index contributed by atoms with van der Waals surface area (Å²) < 4.78 is 0. The van der Waals surface area contributed by atoms with Crippen LogP contribution in [0.1, 0.15) is 27.7 Å². The molecule has 0 saturated carbocycles. The van der Waals surface area contributed by atoms with Crippen molar-refractivity contribution < 1.29 is 158 Å².